The quantitative estimate of drug-likeness (QED) is 0.901. The summed E-state index contributed by atoms with van der Waals surface area (Å²) in [7, 11) is 0. The van der Waals surface area contributed by atoms with Crippen LogP contribution in [0.1, 0.15) is 51.0 Å². The molecule has 4 atom stereocenters. The smallest absolute Gasteiger partial charge is 0.0731 e. The Morgan fingerprint density at radius 2 is 2.05 bits per heavy atom. The van der Waals surface area contributed by atoms with Crippen molar-refractivity contribution in [3.05, 3.63) is 35.9 Å². The lowest BCUT2D eigenvalue weighted by molar-refractivity contribution is -0.162. The zero-order chi connectivity index (χ0) is 13.5. The first kappa shape index (κ1) is 13.1. The Balaban J connectivity index is 1.73. The summed E-state index contributed by atoms with van der Waals surface area (Å²) in [5, 5.41) is 11.0. The van der Waals surface area contributed by atoms with Gasteiger partial charge < -0.3 is 9.84 Å². The number of rotatable bonds is 3. The maximum absolute atomic E-state index is 11.0. The fourth-order valence-electron chi connectivity index (χ4n) is 3.66. The Hall–Kier alpha value is -0.860. The third-order valence-corrected chi connectivity index (χ3v) is 5.12. The average Bonchev–Trinajstić information content (AvgIpc) is 3.21. The number of benzene rings is 1. The van der Waals surface area contributed by atoms with E-state index in [0.717, 1.165) is 25.7 Å². The van der Waals surface area contributed by atoms with E-state index in [1.54, 1.807) is 0 Å². The molecule has 1 N–H and O–H groups in total. The number of aliphatic hydroxyl groups is 1. The summed E-state index contributed by atoms with van der Waals surface area (Å²) < 4.78 is 5.87. The molecule has 0 aromatic heterocycles. The van der Waals surface area contributed by atoms with Gasteiger partial charge >= 0.3 is 0 Å². The second kappa shape index (κ2) is 4.60. The van der Waals surface area contributed by atoms with Gasteiger partial charge in [-0.15, -0.1) is 0 Å². The molecule has 1 saturated heterocycles. The Labute approximate surface area is 115 Å². The van der Waals surface area contributed by atoms with Crippen molar-refractivity contribution in [3.8, 4) is 0 Å². The molecule has 2 aliphatic rings. The van der Waals surface area contributed by atoms with E-state index >= 15 is 0 Å². The van der Waals surface area contributed by atoms with Crippen molar-refractivity contribution in [1.82, 2.24) is 0 Å². The molecule has 2 heteroatoms. The molecule has 104 valence electrons. The fourth-order valence-corrected chi connectivity index (χ4v) is 3.66. The molecule has 0 spiro atoms. The first-order valence-corrected chi connectivity index (χ1v) is 7.48. The van der Waals surface area contributed by atoms with Crippen LogP contribution in [0.4, 0.5) is 0 Å². The minimum absolute atomic E-state index is 0.142. The Morgan fingerprint density at radius 1 is 1.32 bits per heavy atom. The summed E-state index contributed by atoms with van der Waals surface area (Å²) in [6.45, 7) is 4.98. The summed E-state index contributed by atoms with van der Waals surface area (Å²) in [5.41, 5.74) is 0.714. The molecule has 1 aliphatic heterocycles. The highest BCUT2D eigenvalue weighted by molar-refractivity contribution is 5.28. The monoisotopic (exact) mass is 260 g/mol. The highest BCUT2D eigenvalue weighted by atomic mass is 16.5. The molecule has 1 heterocycles. The molecule has 0 radical (unpaired) electrons. The number of hydrogen-bond donors (Lipinski definition) is 1. The Bertz CT molecular complexity index is 444. The van der Waals surface area contributed by atoms with E-state index < -0.39 is 5.60 Å². The molecule has 0 amide bonds. The van der Waals surface area contributed by atoms with Gasteiger partial charge in [0.1, 0.15) is 0 Å². The SMILES string of the molecule is CCC1(C)CC(O)(C2CC2c2ccccc2)CCO1. The molecule has 1 aromatic rings. The van der Waals surface area contributed by atoms with Gasteiger partial charge in [0.05, 0.1) is 17.8 Å². The van der Waals surface area contributed by atoms with Crippen LogP contribution in [0, 0.1) is 5.92 Å². The normalized spacial score (nSPS) is 42.1. The van der Waals surface area contributed by atoms with Gasteiger partial charge in [0.2, 0.25) is 0 Å². The molecule has 4 unspecified atom stereocenters. The van der Waals surface area contributed by atoms with Gasteiger partial charge in [0.25, 0.3) is 0 Å². The van der Waals surface area contributed by atoms with Crippen LogP contribution in [0.3, 0.4) is 0 Å². The van der Waals surface area contributed by atoms with E-state index in [-0.39, 0.29) is 5.60 Å². The molecule has 2 fully saturated rings. The lowest BCUT2D eigenvalue weighted by Crippen LogP contribution is -2.48. The molecule has 1 saturated carbocycles. The molecule has 1 aliphatic carbocycles. The topological polar surface area (TPSA) is 29.5 Å². The van der Waals surface area contributed by atoms with Crippen LogP contribution >= 0.6 is 0 Å². The maximum Gasteiger partial charge on any atom is 0.0731 e. The predicted molar refractivity (Wildman–Crippen MR) is 76.1 cm³/mol. The first-order valence-electron chi connectivity index (χ1n) is 7.48. The van der Waals surface area contributed by atoms with E-state index in [9.17, 15) is 5.11 Å². The second-order valence-corrected chi connectivity index (χ2v) is 6.54. The average molecular weight is 260 g/mol. The largest absolute Gasteiger partial charge is 0.389 e. The minimum atomic E-state index is -0.524. The summed E-state index contributed by atoms with van der Waals surface area (Å²) >= 11 is 0. The summed E-state index contributed by atoms with van der Waals surface area (Å²) in [4.78, 5) is 0. The van der Waals surface area contributed by atoms with E-state index in [0.29, 0.717) is 18.4 Å². The van der Waals surface area contributed by atoms with Crippen LogP contribution < -0.4 is 0 Å². The molecule has 1 aromatic carbocycles. The molecular formula is C17H24O2. The van der Waals surface area contributed by atoms with Gasteiger partial charge in [-0.3, -0.25) is 0 Å². The first-order chi connectivity index (χ1) is 9.06. The van der Waals surface area contributed by atoms with Crippen molar-refractivity contribution < 1.29 is 9.84 Å². The van der Waals surface area contributed by atoms with E-state index in [1.165, 1.54) is 5.56 Å². The van der Waals surface area contributed by atoms with Crippen molar-refractivity contribution in [2.24, 2.45) is 5.92 Å². The fraction of sp³-hybridized carbons (Fsp3) is 0.647. The van der Waals surface area contributed by atoms with Crippen LogP contribution in [0.5, 0.6) is 0 Å². The molecular weight excluding hydrogens is 236 g/mol. The number of hydrogen-bond acceptors (Lipinski definition) is 2. The lowest BCUT2D eigenvalue weighted by Gasteiger charge is -2.43. The van der Waals surface area contributed by atoms with Gasteiger partial charge in [-0.25, -0.2) is 0 Å². The van der Waals surface area contributed by atoms with Gasteiger partial charge in [-0.1, -0.05) is 37.3 Å². The lowest BCUT2D eigenvalue weighted by atomic mass is 9.78. The van der Waals surface area contributed by atoms with Crippen LogP contribution in [-0.4, -0.2) is 22.9 Å². The third kappa shape index (κ3) is 2.44. The van der Waals surface area contributed by atoms with E-state index in [1.807, 2.05) is 0 Å². The maximum atomic E-state index is 11.0. The van der Waals surface area contributed by atoms with Crippen molar-refractivity contribution in [2.45, 2.75) is 56.7 Å². The van der Waals surface area contributed by atoms with Crippen molar-refractivity contribution in [1.29, 1.82) is 0 Å². The van der Waals surface area contributed by atoms with E-state index in [4.69, 9.17) is 4.74 Å². The molecule has 3 rings (SSSR count). The molecule has 2 nitrogen and oxygen atoms in total. The summed E-state index contributed by atoms with van der Waals surface area (Å²) in [5.74, 6) is 0.968. The van der Waals surface area contributed by atoms with E-state index in [2.05, 4.69) is 44.2 Å². The highest BCUT2D eigenvalue weighted by Crippen LogP contribution is 2.57. The van der Waals surface area contributed by atoms with Crippen LogP contribution in [0.15, 0.2) is 30.3 Å². The van der Waals surface area contributed by atoms with Crippen molar-refractivity contribution in [2.75, 3.05) is 6.61 Å². The minimum Gasteiger partial charge on any atom is -0.389 e. The Morgan fingerprint density at radius 3 is 2.74 bits per heavy atom. The number of ether oxygens (including phenoxy) is 1. The van der Waals surface area contributed by atoms with Crippen molar-refractivity contribution in [3.63, 3.8) is 0 Å². The zero-order valence-corrected chi connectivity index (χ0v) is 11.9. The summed E-state index contributed by atoms with van der Waals surface area (Å²) in [6.07, 6.45) is 3.67. The predicted octanol–water partition coefficient (Wildman–Crippen LogP) is 3.50. The highest BCUT2D eigenvalue weighted by Gasteiger charge is 2.55. The molecule has 19 heavy (non-hydrogen) atoms. The van der Waals surface area contributed by atoms with Crippen molar-refractivity contribution >= 4 is 0 Å². The molecule has 0 bridgehead atoms. The Kier molecular flexibility index (Phi) is 3.18. The zero-order valence-electron chi connectivity index (χ0n) is 11.9. The third-order valence-electron chi connectivity index (χ3n) is 5.12. The standard InChI is InChI=1S/C17H24O2/c1-3-16(2)12-17(18,9-10-19-16)15-11-14(15)13-7-5-4-6-8-13/h4-8,14-15,18H,3,9-12H2,1-2H3. The van der Waals surface area contributed by atoms with Crippen LogP contribution in [0.25, 0.3) is 0 Å². The van der Waals surface area contributed by atoms with Crippen LogP contribution in [0.2, 0.25) is 0 Å². The van der Waals surface area contributed by atoms with Gasteiger partial charge in [0.15, 0.2) is 0 Å². The van der Waals surface area contributed by atoms with Gasteiger partial charge in [-0.05, 0) is 43.6 Å². The van der Waals surface area contributed by atoms with Gasteiger partial charge in [0, 0.05) is 6.42 Å². The van der Waals surface area contributed by atoms with Crippen LogP contribution in [-0.2, 0) is 4.74 Å². The van der Waals surface area contributed by atoms with Gasteiger partial charge in [-0.2, -0.15) is 0 Å². The summed E-state index contributed by atoms with van der Waals surface area (Å²) in [6, 6.07) is 10.6. The second-order valence-electron chi connectivity index (χ2n) is 6.54.